The zero-order chi connectivity index (χ0) is 5.86. The van der Waals surface area contributed by atoms with Crippen molar-refractivity contribution in [2.45, 2.75) is 13.8 Å². The van der Waals surface area contributed by atoms with Gasteiger partial charge in [0.05, 0.1) is 0 Å². The average Bonchev–Trinajstić information content (AvgIpc) is 1.27. The Kier molecular flexibility index (Phi) is 15.1. The summed E-state index contributed by atoms with van der Waals surface area (Å²) in [6.45, 7) is 2.36. The van der Waals surface area contributed by atoms with Gasteiger partial charge in [0.2, 0.25) is 0 Å². The van der Waals surface area contributed by atoms with E-state index in [0.29, 0.717) is 0 Å². The Labute approximate surface area is 79.0 Å². The molecule has 0 aromatic heterocycles. The molecule has 3 nitrogen and oxygen atoms in total. The van der Waals surface area contributed by atoms with Gasteiger partial charge >= 0.3 is 11.9 Å². The van der Waals surface area contributed by atoms with Crippen molar-refractivity contribution >= 4 is 11.9 Å². The van der Waals surface area contributed by atoms with E-state index in [0.717, 1.165) is 0 Å². The second kappa shape index (κ2) is 8.39. The molecule has 0 fully saturated rings. The van der Waals surface area contributed by atoms with E-state index in [9.17, 15) is 9.59 Å². The molecule has 0 aliphatic heterocycles. The van der Waals surface area contributed by atoms with Gasteiger partial charge in [-0.3, -0.25) is 9.59 Å². The SMILES string of the molecule is CC(=O)OC(C)=O.[Zn].[Zn]. The quantitative estimate of drug-likeness (QED) is 0.338. The molecule has 0 bridgehead atoms. The zero-order valence-electron chi connectivity index (χ0n) is 5.64. The molecular weight excluding hydrogens is 227 g/mol. The molecule has 0 heterocycles. The minimum atomic E-state index is -0.562. The van der Waals surface area contributed by atoms with Gasteiger partial charge in [-0.15, -0.1) is 0 Å². The normalized spacial score (nSPS) is 6.00. The van der Waals surface area contributed by atoms with Crippen LogP contribution in [0.3, 0.4) is 0 Å². The minimum Gasteiger partial charge on any atom is -0.394 e. The Morgan fingerprint density at radius 3 is 1.22 bits per heavy atom. The first-order valence-corrected chi connectivity index (χ1v) is 1.82. The molecule has 0 aliphatic rings. The molecule has 0 saturated heterocycles. The van der Waals surface area contributed by atoms with Crippen LogP contribution in [0.4, 0.5) is 0 Å². The van der Waals surface area contributed by atoms with Crippen LogP contribution >= 0.6 is 0 Å². The summed E-state index contributed by atoms with van der Waals surface area (Å²) < 4.78 is 3.97. The van der Waals surface area contributed by atoms with Gasteiger partial charge in [0.15, 0.2) is 0 Å². The molecule has 9 heavy (non-hydrogen) atoms. The largest absolute Gasteiger partial charge is 0.394 e. The van der Waals surface area contributed by atoms with E-state index in [4.69, 9.17) is 0 Å². The molecule has 0 aromatic carbocycles. The second-order valence-electron chi connectivity index (χ2n) is 1.09. The standard InChI is InChI=1S/C4H6O3.2Zn/c1-3(5)7-4(2)6;;/h1-2H3;;. The third kappa shape index (κ3) is 17.8. The third-order valence-corrected chi connectivity index (χ3v) is 0.287. The molecule has 0 aromatic rings. The first-order valence-electron chi connectivity index (χ1n) is 1.82. The Morgan fingerprint density at radius 2 is 1.22 bits per heavy atom. The number of esters is 2. The maximum absolute atomic E-state index is 9.81. The van der Waals surface area contributed by atoms with Crippen molar-refractivity contribution in [1.82, 2.24) is 0 Å². The zero-order valence-corrected chi connectivity index (χ0v) is 11.6. The van der Waals surface area contributed by atoms with E-state index in [1.54, 1.807) is 0 Å². The van der Waals surface area contributed by atoms with Gasteiger partial charge < -0.3 is 4.74 Å². The monoisotopic (exact) mass is 230 g/mol. The molecule has 0 spiro atoms. The summed E-state index contributed by atoms with van der Waals surface area (Å²) in [5, 5.41) is 0. The van der Waals surface area contributed by atoms with Crippen LogP contribution in [0.15, 0.2) is 0 Å². The summed E-state index contributed by atoms with van der Waals surface area (Å²) in [5.74, 6) is -1.12. The van der Waals surface area contributed by atoms with Crippen molar-refractivity contribution in [3.8, 4) is 0 Å². The van der Waals surface area contributed by atoms with Crippen LogP contribution in [-0.2, 0) is 53.3 Å². The van der Waals surface area contributed by atoms with Crippen LogP contribution in [0.1, 0.15) is 13.8 Å². The molecule has 0 N–H and O–H groups in total. The Hall–Kier alpha value is 0.387. The van der Waals surface area contributed by atoms with E-state index < -0.39 is 11.9 Å². The number of carbonyl (C=O) groups excluding carboxylic acids is 2. The molecule has 0 rings (SSSR count). The maximum Gasteiger partial charge on any atom is 0.310 e. The van der Waals surface area contributed by atoms with Crippen LogP contribution in [-0.4, -0.2) is 11.9 Å². The van der Waals surface area contributed by atoms with Gasteiger partial charge in [0.1, 0.15) is 0 Å². The molecule has 0 saturated carbocycles. The molecular formula is C4H6O3Zn2. The Morgan fingerprint density at radius 1 is 1.00 bits per heavy atom. The minimum absolute atomic E-state index is 0. The van der Waals surface area contributed by atoms with Gasteiger partial charge in [0.25, 0.3) is 0 Å². The number of ether oxygens (including phenoxy) is 1. The topological polar surface area (TPSA) is 43.4 Å². The van der Waals surface area contributed by atoms with E-state index in [2.05, 4.69) is 4.74 Å². The first-order chi connectivity index (χ1) is 3.13. The molecule has 0 atom stereocenters. The van der Waals surface area contributed by atoms with E-state index in [1.807, 2.05) is 0 Å². The van der Waals surface area contributed by atoms with Crippen molar-refractivity contribution in [2.75, 3.05) is 0 Å². The molecule has 0 radical (unpaired) electrons. The van der Waals surface area contributed by atoms with Crippen molar-refractivity contribution in [2.24, 2.45) is 0 Å². The maximum atomic E-state index is 9.81. The van der Waals surface area contributed by atoms with Crippen LogP contribution in [0, 0.1) is 0 Å². The van der Waals surface area contributed by atoms with Gasteiger partial charge in [0, 0.05) is 52.8 Å². The molecule has 5 heteroatoms. The van der Waals surface area contributed by atoms with E-state index >= 15 is 0 Å². The summed E-state index contributed by atoms with van der Waals surface area (Å²) in [6.07, 6.45) is 0. The summed E-state index contributed by atoms with van der Waals surface area (Å²) in [5.41, 5.74) is 0. The summed E-state index contributed by atoms with van der Waals surface area (Å²) in [6, 6.07) is 0. The molecule has 44 valence electrons. The third-order valence-electron chi connectivity index (χ3n) is 0.287. The van der Waals surface area contributed by atoms with Crippen molar-refractivity contribution < 1.29 is 53.3 Å². The van der Waals surface area contributed by atoms with Gasteiger partial charge in [-0.05, 0) is 0 Å². The number of hydrogen-bond donors (Lipinski definition) is 0. The fourth-order valence-corrected chi connectivity index (χ4v) is 0.202. The number of hydrogen-bond acceptors (Lipinski definition) is 3. The fourth-order valence-electron chi connectivity index (χ4n) is 0.202. The summed E-state index contributed by atoms with van der Waals surface area (Å²) in [4.78, 5) is 19.6. The molecule has 0 unspecified atom stereocenters. The smallest absolute Gasteiger partial charge is 0.310 e. The summed E-state index contributed by atoms with van der Waals surface area (Å²) >= 11 is 0. The molecule has 0 aliphatic carbocycles. The average molecular weight is 233 g/mol. The van der Waals surface area contributed by atoms with Gasteiger partial charge in [-0.2, -0.15) is 0 Å². The number of rotatable bonds is 0. The van der Waals surface area contributed by atoms with Crippen molar-refractivity contribution in [1.29, 1.82) is 0 Å². The first kappa shape index (κ1) is 16.2. The van der Waals surface area contributed by atoms with E-state index in [-0.39, 0.29) is 39.0 Å². The van der Waals surface area contributed by atoms with Crippen molar-refractivity contribution in [3.63, 3.8) is 0 Å². The van der Waals surface area contributed by atoms with Crippen LogP contribution in [0.5, 0.6) is 0 Å². The van der Waals surface area contributed by atoms with Crippen LogP contribution < -0.4 is 0 Å². The second-order valence-corrected chi connectivity index (χ2v) is 1.09. The van der Waals surface area contributed by atoms with Crippen LogP contribution in [0.2, 0.25) is 0 Å². The van der Waals surface area contributed by atoms with Gasteiger partial charge in [-0.25, -0.2) is 0 Å². The van der Waals surface area contributed by atoms with E-state index in [1.165, 1.54) is 13.8 Å². The molecule has 0 amide bonds. The predicted octanol–water partition coefficient (Wildman–Crippen LogP) is 0.0910. The fraction of sp³-hybridized carbons (Fsp3) is 0.500. The van der Waals surface area contributed by atoms with Gasteiger partial charge in [-0.1, -0.05) is 0 Å². The number of carbonyl (C=O) groups is 2. The Bertz CT molecular complexity index is 90.0. The van der Waals surface area contributed by atoms with Crippen molar-refractivity contribution in [3.05, 3.63) is 0 Å². The summed E-state index contributed by atoms with van der Waals surface area (Å²) in [7, 11) is 0. The van der Waals surface area contributed by atoms with Crippen LogP contribution in [0.25, 0.3) is 0 Å². The Balaban J connectivity index is -0.000000180. The predicted molar refractivity (Wildman–Crippen MR) is 22.4 cm³/mol.